The fourth-order valence-corrected chi connectivity index (χ4v) is 5.83. The molecule has 42 heavy (non-hydrogen) atoms. The highest BCUT2D eigenvalue weighted by Gasteiger charge is 2.35. The van der Waals surface area contributed by atoms with E-state index in [1.807, 2.05) is 13.8 Å². The van der Waals surface area contributed by atoms with Crippen LogP contribution >= 0.6 is 0 Å². The molecule has 0 bridgehead atoms. The fraction of sp³-hybridized carbons (Fsp3) is 0.355. The summed E-state index contributed by atoms with van der Waals surface area (Å²) in [4.78, 5) is 28.6. The van der Waals surface area contributed by atoms with E-state index < -0.39 is 34.3 Å². The summed E-state index contributed by atoms with van der Waals surface area (Å²) in [6, 6.07) is 15.6. The van der Waals surface area contributed by atoms with Gasteiger partial charge in [0.25, 0.3) is 10.0 Å². The van der Waals surface area contributed by atoms with Gasteiger partial charge in [-0.25, -0.2) is 12.8 Å². The van der Waals surface area contributed by atoms with E-state index in [4.69, 9.17) is 9.47 Å². The van der Waals surface area contributed by atoms with Gasteiger partial charge >= 0.3 is 0 Å². The van der Waals surface area contributed by atoms with Gasteiger partial charge in [-0.2, -0.15) is 0 Å². The summed E-state index contributed by atoms with van der Waals surface area (Å²) in [7, 11) is -1.46. The molecule has 3 rings (SSSR count). The van der Waals surface area contributed by atoms with Gasteiger partial charge in [0, 0.05) is 19.2 Å². The third kappa shape index (κ3) is 7.79. The summed E-state index contributed by atoms with van der Waals surface area (Å²) in [6.07, 6.45) is 0.974. The number of carbonyl (C=O) groups is 2. The molecule has 0 heterocycles. The Morgan fingerprint density at radius 1 is 0.952 bits per heavy atom. The average Bonchev–Trinajstić information content (AvgIpc) is 2.99. The highest BCUT2D eigenvalue weighted by atomic mass is 32.2. The van der Waals surface area contributed by atoms with Crippen LogP contribution in [0.3, 0.4) is 0 Å². The van der Waals surface area contributed by atoms with E-state index in [0.717, 1.165) is 9.87 Å². The third-order valence-corrected chi connectivity index (χ3v) is 8.52. The second-order valence-electron chi connectivity index (χ2n) is 9.73. The quantitative estimate of drug-likeness (QED) is 0.289. The first kappa shape index (κ1) is 32.4. The minimum Gasteiger partial charge on any atom is -0.497 e. The smallest absolute Gasteiger partial charge is 0.264 e. The number of halogens is 1. The molecule has 1 atom stereocenters. The average molecular weight is 600 g/mol. The largest absolute Gasteiger partial charge is 0.497 e. The molecule has 0 aliphatic rings. The topological polar surface area (TPSA) is 105 Å². The Hall–Kier alpha value is -4.12. The molecule has 0 spiro atoms. The molecule has 9 nitrogen and oxygen atoms in total. The molecule has 0 saturated carbocycles. The first-order valence-corrected chi connectivity index (χ1v) is 15.1. The predicted molar refractivity (Wildman–Crippen MR) is 160 cm³/mol. The van der Waals surface area contributed by atoms with Gasteiger partial charge in [0.05, 0.1) is 24.8 Å². The van der Waals surface area contributed by atoms with Crippen LogP contribution in [0.25, 0.3) is 0 Å². The van der Waals surface area contributed by atoms with E-state index in [9.17, 15) is 22.4 Å². The van der Waals surface area contributed by atoms with Crippen LogP contribution in [0.5, 0.6) is 11.5 Å². The number of nitrogens with zero attached hydrogens (tertiary/aromatic N) is 2. The van der Waals surface area contributed by atoms with Gasteiger partial charge in [-0.3, -0.25) is 13.9 Å². The van der Waals surface area contributed by atoms with Crippen molar-refractivity contribution in [3.63, 3.8) is 0 Å². The minimum absolute atomic E-state index is 0.0245. The molecule has 226 valence electrons. The van der Waals surface area contributed by atoms with Crippen molar-refractivity contribution < 1.29 is 31.9 Å². The first-order valence-electron chi connectivity index (χ1n) is 13.7. The molecule has 3 aromatic rings. The van der Waals surface area contributed by atoms with E-state index >= 15 is 0 Å². The molecule has 11 heteroatoms. The number of sulfonamides is 1. The summed E-state index contributed by atoms with van der Waals surface area (Å²) in [5.74, 6) is -0.863. The molecule has 3 aromatic carbocycles. The van der Waals surface area contributed by atoms with Crippen molar-refractivity contribution in [3.05, 3.63) is 83.7 Å². The highest BCUT2D eigenvalue weighted by Crippen LogP contribution is 2.36. The van der Waals surface area contributed by atoms with Crippen molar-refractivity contribution >= 4 is 27.5 Å². The van der Waals surface area contributed by atoms with Crippen LogP contribution in [0, 0.1) is 12.7 Å². The number of amides is 2. The lowest BCUT2D eigenvalue weighted by Gasteiger charge is -2.33. The van der Waals surface area contributed by atoms with Crippen molar-refractivity contribution in [1.82, 2.24) is 10.2 Å². The van der Waals surface area contributed by atoms with Crippen LogP contribution in [0.2, 0.25) is 0 Å². The van der Waals surface area contributed by atoms with E-state index in [2.05, 4.69) is 5.32 Å². The molecule has 0 fully saturated rings. The first-order chi connectivity index (χ1) is 20.0. The van der Waals surface area contributed by atoms with E-state index in [-0.39, 0.29) is 35.2 Å². The van der Waals surface area contributed by atoms with E-state index in [1.165, 1.54) is 61.6 Å². The number of ether oxygens (including phenoxy) is 2. The summed E-state index contributed by atoms with van der Waals surface area (Å²) < 4.78 is 53.7. The SMILES string of the molecule is CCCNC(=O)[C@H](CC)N(Cc1ccc(F)cc1)C(=O)CN(c1cc(OC)ccc1OC)S(=O)(=O)c1ccc(C)cc1. The Bertz CT molecular complexity index is 1460. The van der Waals surface area contributed by atoms with Crippen LogP contribution in [-0.2, 0) is 26.2 Å². The lowest BCUT2D eigenvalue weighted by molar-refractivity contribution is -0.140. The van der Waals surface area contributed by atoms with Crippen LogP contribution in [-0.4, -0.2) is 58.5 Å². The second kappa shape index (κ2) is 14.7. The van der Waals surface area contributed by atoms with Gasteiger partial charge in [0.2, 0.25) is 11.8 Å². The zero-order valence-corrected chi connectivity index (χ0v) is 25.4. The number of hydrogen-bond acceptors (Lipinski definition) is 6. The monoisotopic (exact) mass is 599 g/mol. The lowest BCUT2D eigenvalue weighted by atomic mass is 10.1. The Labute approximate surface area is 247 Å². The number of hydrogen-bond donors (Lipinski definition) is 1. The molecule has 1 N–H and O–H groups in total. The highest BCUT2D eigenvalue weighted by molar-refractivity contribution is 7.92. The number of benzene rings is 3. The van der Waals surface area contributed by atoms with Gasteiger partial charge in [0.1, 0.15) is 29.9 Å². The van der Waals surface area contributed by atoms with Gasteiger partial charge in [0.15, 0.2) is 0 Å². The second-order valence-corrected chi connectivity index (χ2v) is 11.6. The maximum absolute atomic E-state index is 14.2. The van der Waals surface area contributed by atoms with Gasteiger partial charge in [-0.1, -0.05) is 43.7 Å². The summed E-state index contributed by atoms with van der Waals surface area (Å²) in [6.45, 7) is 5.27. The number of rotatable bonds is 14. The van der Waals surface area contributed by atoms with Gasteiger partial charge in [-0.05, 0) is 61.7 Å². The van der Waals surface area contributed by atoms with Crippen LogP contribution in [0.1, 0.15) is 37.8 Å². The van der Waals surface area contributed by atoms with Crippen LogP contribution < -0.4 is 19.1 Å². The Kier molecular flexibility index (Phi) is 11.3. The molecule has 2 amide bonds. The van der Waals surface area contributed by atoms with Gasteiger partial charge < -0.3 is 19.7 Å². The molecule has 0 aromatic heterocycles. The van der Waals surface area contributed by atoms with E-state index in [0.29, 0.717) is 24.3 Å². The number of anilines is 1. The lowest BCUT2D eigenvalue weighted by Crippen LogP contribution is -2.52. The molecular weight excluding hydrogens is 561 g/mol. The number of carbonyl (C=O) groups excluding carboxylic acids is 2. The molecule has 0 saturated heterocycles. The van der Waals surface area contributed by atoms with E-state index in [1.54, 1.807) is 31.2 Å². The summed E-state index contributed by atoms with van der Waals surface area (Å²) in [5, 5.41) is 2.83. The van der Waals surface area contributed by atoms with Gasteiger partial charge in [-0.15, -0.1) is 0 Å². The number of nitrogens with one attached hydrogen (secondary N) is 1. The number of methoxy groups -OCH3 is 2. The number of aryl methyl sites for hydroxylation is 1. The molecule has 0 radical (unpaired) electrons. The maximum atomic E-state index is 14.2. The Morgan fingerprint density at radius 3 is 2.19 bits per heavy atom. The molecule has 0 unspecified atom stereocenters. The summed E-state index contributed by atoms with van der Waals surface area (Å²) >= 11 is 0. The van der Waals surface area contributed by atoms with Crippen molar-refractivity contribution in [2.75, 3.05) is 31.6 Å². The van der Waals surface area contributed by atoms with Crippen molar-refractivity contribution in [3.8, 4) is 11.5 Å². The normalized spacial score (nSPS) is 11.9. The zero-order chi connectivity index (χ0) is 30.9. The third-order valence-electron chi connectivity index (χ3n) is 6.74. The van der Waals surface area contributed by atoms with Crippen LogP contribution in [0.15, 0.2) is 71.6 Å². The van der Waals surface area contributed by atoms with Crippen molar-refractivity contribution in [1.29, 1.82) is 0 Å². The van der Waals surface area contributed by atoms with Crippen LogP contribution in [0.4, 0.5) is 10.1 Å². The molecule has 0 aliphatic carbocycles. The minimum atomic E-state index is -4.30. The molecule has 0 aliphatic heterocycles. The maximum Gasteiger partial charge on any atom is 0.264 e. The molecular formula is C31H38FN3O6S. The predicted octanol–water partition coefficient (Wildman–Crippen LogP) is 4.68. The Balaban J connectivity index is 2.13. The standard InChI is InChI=1S/C31H38FN3O6S/c1-6-18-33-31(37)27(7-2)34(20-23-10-12-24(32)13-11-23)30(36)21-35(28-19-25(40-4)14-17-29(28)41-5)42(38,39)26-15-8-22(3)9-16-26/h8-17,19,27H,6-7,18,20-21H2,1-5H3,(H,33,37)/t27-/m0/s1. The zero-order valence-electron chi connectivity index (χ0n) is 24.6. The summed E-state index contributed by atoms with van der Waals surface area (Å²) in [5.41, 5.74) is 1.54. The van der Waals surface area contributed by atoms with Crippen molar-refractivity contribution in [2.24, 2.45) is 0 Å². The fourth-order valence-electron chi connectivity index (χ4n) is 4.41. The van der Waals surface area contributed by atoms with Crippen molar-refractivity contribution in [2.45, 2.75) is 51.1 Å². The Morgan fingerprint density at radius 2 is 1.62 bits per heavy atom.